The first-order valence-electron chi connectivity index (χ1n) is 10.7. The van der Waals surface area contributed by atoms with Crippen LogP contribution in [0, 0.1) is 0 Å². The third-order valence-electron chi connectivity index (χ3n) is 5.92. The van der Waals surface area contributed by atoms with Gasteiger partial charge in [0.2, 0.25) is 15.9 Å². The second-order valence-corrected chi connectivity index (χ2v) is 10.3. The van der Waals surface area contributed by atoms with Gasteiger partial charge in [-0.3, -0.25) is 4.79 Å². The molecule has 0 unspecified atom stereocenters. The molecule has 4 rings (SSSR count). The van der Waals surface area contributed by atoms with Gasteiger partial charge in [0.05, 0.1) is 30.2 Å². The Balaban J connectivity index is 1.61. The zero-order valence-corrected chi connectivity index (χ0v) is 20.0. The summed E-state index contributed by atoms with van der Waals surface area (Å²) in [5.41, 5.74) is 2.22. The number of benzene rings is 2. The molecule has 0 spiro atoms. The minimum atomic E-state index is -4.08. The van der Waals surface area contributed by atoms with Crippen LogP contribution in [0.2, 0.25) is 5.02 Å². The standard InChI is InChI=1S/C23H26ClN5O3S/c1-15-7-8-16(2)29(15)19-13-26-28(14-19)21-10-9-18(12-22(21)33(25,31)32)27-23(30)11-17-5-3-4-6-20(17)24/h3-6,9-10,12-16H,7-8,11H2,1-2H3,(H,27,30)(H2,25,31,32)/t15-,16+. The second-order valence-electron chi connectivity index (χ2n) is 8.37. The molecule has 3 aromatic rings. The van der Waals surface area contributed by atoms with E-state index in [0.717, 1.165) is 18.5 Å². The number of nitrogens with zero attached hydrogens (tertiary/aromatic N) is 3. The summed E-state index contributed by atoms with van der Waals surface area (Å²) in [7, 11) is -4.08. The Hall–Kier alpha value is -2.88. The highest BCUT2D eigenvalue weighted by atomic mass is 35.5. The predicted octanol–water partition coefficient (Wildman–Crippen LogP) is 3.73. The lowest BCUT2D eigenvalue weighted by Crippen LogP contribution is -2.32. The van der Waals surface area contributed by atoms with Gasteiger partial charge in [-0.05, 0) is 56.5 Å². The van der Waals surface area contributed by atoms with Crippen molar-refractivity contribution in [3.8, 4) is 5.69 Å². The summed E-state index contributed by atoms with van der Waals surface area (Å²) in [6.45, 7) is 4.33. The first-order chi connectivity index (χ1) is 15.6. The number of rotatable bonds is 6. The average molecular weight is 488 g/mol. The summed E-state index contributed by atoms with van der Waals surface area (Å²) in [5, 5.41) is 13.1. The van der Waals surface area contributed by atoms with Crippen molar-refractivity contribution in [2.75, 3.05) is 10.2 Å². The molecule has 0 bridgehead atoms. The highest BCUT2D eigenvalue weighted by Crippen LogP contribution is 2.31. The van der Waals surface area contributed by atoms with E-state index in [-0.39, 0.29) is 17.2 Å². The van der Waals surface area contributed by atoms with Gasteiger partial charge in [-0.2, -0.15) is 5.10 Å². The number of anilines is 2. The lowest BCUT2D eigenvalue weighted by Gasteiger charge is -2.26. The lowest BCUT2D eigenvalue weighted by molar-refractivity contribution is -0.115. The maximum atomic E-state index is 12.5. The van der Waals surface area contributed by atoms with Gasteiger partial charge >= 0.3 is 0 Å². The number of sulfonamides is 1. The van der Waals surface area contributed by atoms with E-state index in [1.807, 2.05) is 0 Å². The van der Waals surface area contributed by atoms with E-state index in [1.54, 1.807) is 48.8 Å². The molecule has 3 N–H and O–H groups in total. The number of carbonyl (C=O) groups excluding carboxylic acids is 1. The van der Waals surface area contributed by atoms with E-state index in [4.69, 9.17) is 16.7 Å². The molecule has 1 fully saturated rings. The Kier molecular flexibility index (Phi) is 6.47. The largest absolute Gasteiger partial charge is 0.364 e. The van der Waals surface area contributed by atoms with Gasteiger partial charge in [0, 0.05) is 22.8 Å². The monoisotopic (exact) mass is 487 g/mol. The van der Waals surface area contributed by atoms with Crippen molar-refractivity contribution in [3.63, 3.8) is 0 Å². The highest BCUT2D eigenvalue weighted by molar-refractivity contribution is 7.89. The van der Waals surface area contributed by atoms with Crippen LogP contribution in [0.25, 0.3) is 5.69 Å². The van der Waals surface area contributed by atoms with Gasteiger partial charge < -0.3 is 10.2 Å². The van der Waals surface area contributed by atoms with Gasteiger partial charge in [0.25, 0.3) is 0 Å². The van der Waals surface area contributed by atoms with Crippen molar-refractivity contribution in [1.82, 2.24) is 9.78 Å². The van der Waals surface area contributed by atoms with Gasteiger partial charge in [0.15, 0.2) is 0 Å². The molecule has 8 nitrogen and oxygen atoms in total. The molecule has 1 amide bonds. The van der Waals surface area contributed by atoms with Crippen LogP contribution in [0.15, 0.2) is 59.8 Å². The Morgan fingerprint density at radius 3 is 2.55 bits per heavy atom. The first kappa shape index (κ1) is 23.3. The van der Waals surface area contributed by atoms with E-state index in [2.05, 4.69) is 29.2 Å². The summed E-state index contributed by atoms with van der Waals surface area (Å²) in [5.74, 6) is -0.324. The molecular weight excluding hydrogens is 462 g/mol. The van der Waals surface area contributed by atoms with E-state index in [0.29, 0.717) is 34.0 Å². The number of hydrogen-bond donors (Lipinski definition) is 2. The van der Waals surface area contributed by atoms with Crippen LogP contribution in [-0.4, -0.2) is 36.2 Å². The molecule has 0 radical (unpaired) electrons. The zero-order valence-electron chi connectivity index (χ0n) is 18.4. The summed E-state index contributed by atoms with van der Waals surface area (Å²) >= 11 is 6.12. The smallest absolute Gasteiger partial charge is 0.240 e. The molecular formula is C23H26ClN5O3S. The minimum absolute atomic E-state index is 0.0564. The molecule has 2 heterocycles. The van der Waals surface area contributed by atoms with Crippen molar-refractivity contribution in [2.45, 2.75) is 50.1 Å². The van der Waals surface area contributed by atoms with Gasteiger partial charge in [-0.25, -0.2) is 18.2 Å². The third-order valence-corrected chi connectivity index (χ3v) is 7.23. The van der Waals surface area contributed by atoms with Crippen LogP contribution in [0.1, 0.15) is 32.3 Å². The van der Waals surface area contributed by atoms with Crippen molar-refractivity contribution in [3.05, 3.63) is 65.4 Å². The molecule has 2 atom stereocenters. The Labute approximate surface area is 198 Å². The van der Waals surface area contributed by atoms with Crippen molar-refractivity contribution < 1.29 is 13.2 Å². The number of amides is 1. The third kappa shape index (κ3) is 5.05. The Morgan fingerprint density at radius 2 is 1.88 bits per heavy atom. The molecule has 1 aliphatic rings. The molecule has 174 valence electrons. The SMILES string of the molecule is C[C@@H]1CC[C@H](C)N1c1cnn(-c2ccc(NC(=O)Cc3ccccc3Cl)cc2S(N)(=O)=O)c1. The van der Waals surface area contributed by atoms with Crippen molar-refractivity contribution in [2.24, 2.45) is 5.14 Å². The van der Waals surface area contributed by atoms with E-state index < -0.39 is 10.0 Å². The van der Waals surface area contributed by atoms with E-state index >= 15 is 0 Å². The number of nitrogens with one attached hydrogen (secondary N) is 1. The normalized spacial score (nSPS) is 18.5. The van der Waals surface area contributed by atoms with Crippen LogP contribution < -0.4 is 15.4 Å². The second kappa shape index (κ2) is 9.17. The maximum Gasteiger partial charge on any atom is 0.240 e. The van der Waals surface area contributed by atoms with E-state index in [9.17, 15) is 13.2 Å². The van der Waals surface area contributed by atoms with Gasteiger partial charge in [-0.1, -0.05) is 29.8 Å². The average Bonchev–Trinajstić information content (AvgIpc) is 3.35. The minimum Gasteiger partial charge on any atom is -0.364 e. The molecule has 0 aliphatic carbocycles. The summed E-state index contributed by atoms with van der Waals surface area (Å²) in [4.78, 5) is 14.6. The van der Waals surface area contributed by atoms with Crippen LogP contribution in [0.4, 0.5) is 11.4 Å². The summed E-state index contributed by atoms with van der Waals surface area (Å²) in [6.07, 6.45) is 5.78. The van der Waals surface area contributed by atoms with Crippen molar-refractivity contribution >= 4 is 38.9 Å². The highest BCUT2D eigenvalue weighted by Gasteiger charge is 2.28. The zero-order chi connectivity index (χ0) is 23.8. The fraction of sp³-hybridized carbons (Fsp3) is 0.304. The Bertz CT molecular complexity index is 1280. The van der Waals surface area contributed by atoms with Crippen LogP contribution in [0.3, 0.4) is 0 Å². The molecule has 10 heteroatoms. The lowest BCUT2D eigenvalue weighted by atomic mass is 10.1. The van der Waals surface area contributed by atoms with E-state index in [1.165, 1.54) is 10.7 Å². The molecule has 2 aromatic carbocycles. The molecule has 1 aromatic heterocycles. The molecule has 0 saturated carbocycles. The predicted molar refractivity (Wildman–Crippen MR) is 129 cm³/mol. The number of halogens is 1. The van der Waals surface area contributed by atoms with Crippen LogP contribution in [0.5, 0.6) is 0 Å². The molecule has 1 aliphatic heterocycles. The number of carbonyl (C=O) groups is 1. The maximum absolute atomic E-state index is 12.5. The van der Waals surface area contributed by atoms with Crippen LogP contribution >= 0.6 is 11.6 Å². The van der Waals surface area contributed by atoms with Gasteiger partial charge in [0.1, 0.15) is 4.90 Å². The van der Waals surface area contributed by atoms with Gasteiger partial charge in [-0.15, -0.1) is 0 Å². The number of hydrogen-bond acceptors (Lipinski definition) is 5. The number of nitrogens with two attached hydrogens (primary N) is 1. The fourth-order valence-electron chi connectivity index (χ4n) is 4.31. The fourth-order valence-corrected chi connectivity index (χ4v) is 5.26. The molecule has 33 heavy (non-hydrogen) atoms. The quantitative estimate of drug-likeness (QED) is 0.550. The first-order valence-corrected chi connectivity index (χ1v) is 12.6. The topological polar surface area (TPSA) is 110 Å². The summed E-state index contributed by atoms with van der Waals surface area (Å²) < 4.78 is 26.2. The van der Waals surface area contributed by atoms with Crippen molar-refractivity contribution in [1.29, 1.82) is 0 Å². The number of primary sulfonamides is 1. The number of aromatic nitrogens is 2. The van der Waals surface area contributed by atoms with Crippen LogP contribution in [-0.2, 0) is 21.2 Å². The molecule has 1 saturated heterocycles. The summed E-state index contributed by atoms with van der Waals surface area (Å²) in [6, 6.07) is 12.4. The Morgan fingerprint density at radius 1 is 1.18 bits per heavy atom.